The fraction of sp³-hybridized carbons (Fsp3) is 0.167. The molecule has 0 saturated carbocycles. The molecule has 0 radical (unpaired) electrons. The van der Waals surface area contributed by atoms with E-state index < -0.39 is 5.82 Å². The standard InChI is InChI=1S/C24H20Cl2FNO3/c1-2-10-31-22-9-6-15(19-5-3-4-16(14-29)23(19)27)11-17(22)13-28-24(30)20-8-7-18(25)12-21(20)26/h3-9,11-12,14H,2,10,13H2,1H3,(H,28,30). The van der Waals surface area contributed by atoms with Crippen molar-refractivity contribution in [2.24, 2.45) is 0 Å². The number of amides is 1. The molecule has 4 nitrogen and oxygen atoms in total. The quantitative estimate of drug-likeness (QED) is 0.400. The van der Waals surface area contributed by atoms with E-state index in [0.717, 1.165) is 6.42 Å². The molecule has 0 aliphatic heterocycles. The van der Waals surface area contributed by atoms with Gasteiger partial charge in [0, 0.05) is 22.7 Å². The number of ether oxygens (including phenoxy) is 1. The summed E-state index contributed by atoms with van der Waals surface area (Å²) < 4.78 is 20.4. The predicted octanol–water partition coefficient (Wildman–Crippen LogP) is 6.33. The molecule has 1 N–H and O–H groups in total. The summed E-state index contributed by atoms with van der Waals surface area (Å²) in [6.45, 7) is 2.62. The van der Waals surface area contributed by atoms with Gasteiger partial charge >= 0.3 is 0 Å². The number of nitrogens with one attached hydrogen (secondary N) is 1. The summed E-state index contributed by atoms with van der Waals surface area (Å²) >= 11 is 12.0. The van der Waals surface area contributed by atoms with Crippen LogP contribution in [0.1, 0.15) is 39.6 Å². The highest BCUT2D eigenvalue weighted by Gasteiger charge is 2.15. The van der Waals surface area contributed by atoms with Crippen molar-refractivity contribution in [3.8, 4) is 16.9 Å². The van der Waals surface area contributed by atoms with Crippen molar-refractivity contribution in [3.63, 3.8) is 0 Å². The Bertz CT molecular complexity index is 1120. The van der Waals surface area contributed by atoms with E-state index in [1.165, 1.54) is 12.1 Å². The smallest absolute Gasteiger partial charge is 0.253 e. The Balaban J connectivity index is 1.90. The molecule has 0 spiro atoms. The third-order valence-corrected chi connectivity index (χ3v) is 5.15. The first kappa shape index (κ1) is 22.8. The van der Waals surface area contributed by atoms with Gasteiger partial charge in [0.25, 0.3) is 5.91 Å². The number of carbonyl (C=O) groups excluding carboxylic acids is 2. The molecule has 7 heteroatoms. The van der Waals surface area contributed by atoms with E-state index in [2.05, 4.69) is 5.32 Å². The molecule has 0 unspecified atom stereocenters. The van der Waals surface area contributed by atoms with E-state index in [4.69, 9.17) is 27.9 Å². The minimum atomic E-state index is -0.595. The Morgan fingerprint density at radius 1 is 1.13 bits per heavy atom. The van der Waals surface area contributed by atoms with E-state index in [0.29, 0.717) is 45.9 Å². The molecule has 0 bridgehead atoms. The van der Waals surface area contributed by atoms with Crippen LogP contribution in [0.5, 0.6) is 5.75 Å². The van der Waals surface area contributed by atoms with Gasteiger partial charge in [0.1, 0.15) is 11.6 Å². The highest BCUT2D eigenvalue weighted by atomic mass is 35.5. The van der Waals surface area contributed by atoms with Crippen LogP contribution in [0.3, 0.4) is 0 Å². The molecule has 0 aromatic heterocycles. The van der Waals surface area contributed by atoms with Gasteiger partial charge in [-0.25, -0.2) is 4.39 Å². The zero-order valence-corrected chi connectivity index (χ0v) is 18.3. The van der Waals surface area contributed by atoms with E-state index >= 15 is 0 Å². The lowest BCUT2D eigenvalue weighted by Crippen LogP contribution is -2.23. The Morgan fingerprint density at radius 2 is 1.94 bits per heavy atom. The Hall–Kier alpha value is -2.89. The topological polar surface area (TPSA) is 55.4 Å². The highest BCUT2D eigenvalue weighted by Crippen LogP contribution is 2.30. The third kappa shape index (κ3) is 5.43. The molecular formula is C24H20Cl2FNO3. The van der Waals surface area contributed by atoms with Crippen LogP contribution in [0.2, 0.25) is 10.0 Å². The minimum Gasteiger partial charge on any atom is -0.493 e. The summed E-state index contributed by atoms with van der Waals surface area (Å²) in [7, 11) is 0. The second-order valence-electron chi connectivity index (χ2n) is 6.80. The second kappa shape index (κ2) is 10.4. The van der Waals surface area contributed by atoms with Gasteiger partial charge in [-0.2, -0.15) is 0 Å². The van der Waals surface area contributed by atoms with E-state index in [1.54, 1.807) is 42.5 Å². The van der Waals surface area contributed by atoms with Crippen molar-refractivity contribution in [1.29, 1.82) is 0 Å². The van der Waals surface area contributed by atoms with Gasteiger partial charge in [0.05, 0.1) is 22.8 Å². The van der Waals surface area contributed by atoms with Gasteiger partial charge in [-0.15, -0.1) is 0 Å². The van der Waals surface area contributed by atoms with Crippen LogP contribution in [-0.4, -0.2) is 18.8 Å². The molecule has 31 heavy (non-hydrogen) atoms. The van der Waals surface area contributed by atoms with Gasteiger partial charge in [-0.1, -0.05) is 48.3 Å². The van der Waals surface area contributed by atoms with Crippen molar-refractivity contribution in [3.05, 3.63) is 87.2 Å². The van der Waals surface area contributed by atoms with E-state index in [-0.39, 0.29) is 23.0 Å². The number of hydrogen-bond donors (Lipinski definition) is 1. The fourth-order valence-electron chi connectivity index (χ4n) is 3.05. The number of benzene rings is 3. The maximum absolute atomic E-state index is 14.6. The van der Waals surface area contributed by atoms with Crippen LogP contribution in [0, 0.1) is 5.82 Å². The lowest BCUT2D eigenvalue weighted by atomic mass is 9.99. The van der Waals surface area contributed by atoms with Crippen molar-refractivity contribution in [1.82, 2.24) is 5.32 Å². The largest absolute Gasteiger partial charge is 0.493 e. The Labute approximate surface area is 189 Å². The molecule has 0 aliphatic carbocycles. The number of rotatable bonds is 8. The van der Waals surface area contributed by atoms with Crippen LogP contribution in [0.4, 0.5) is 4.39 Å². The van der Waals surface area contributed by atoms with Crippen molar-refractivity contribution in [2.45, 2.75) is 19.9 Å². The normalized spacial score (nSPS) is 10.6. The third-order valence-electron chi connectivity index (χ3n) is 4.60. The summed E-state index contributed by atoms with van der Waals surface area (Å²) in [6.07, 6.45) is 1.29. The molecule has 3 aromatic rings. The molecular weight excluding hydrogens is 440 g/mol. The predicted molar refractivity (Wildman–Crippen MR) is 121 cm³/mol. The molecule has 0 fully saturated rings. The number of carbonyl (C=O) groups is 2. The van der Waals surface area contributed by atoms with Crippen LogP contribution >= 0.6 is 23.2 Å². The van der Waals surface area contributed by atoms with Crippen LogP contribution in [0.15, 0.2) is 54.6 Å². The summed E-state index contributed by atoms with van der Waals surface area (Å²) in [4.78, 5) is 23.7. The van der Waals surface area contributed by atoms with Gasteiger partial charge in [-0.3, -0.25) is 9.59 Å². The summed E-state index contributed by atoms with van der Waals surface area (Å²) in [5.41, 5.74) is 1.80. The van der Waals surface area contributed by atoms with Crippen LogP contribution in [-0.2, 0) is 6.54 Å². The zero-order valence-electron chi connectivity index (χ0n) is 16.8. The fourth-order valence-corrected chi connectivity index (χ4v) is 3.54. The number of halogens is 3. The molecule has 0 saturated heterocycles. The van der Waals surface area contributed by atoms with Crippen molar-refractivity contribution >= 4 is 35.4 Å². The van der Waals surface area contributed by atoms with E-state index in [9.17, 15) is 14.0 Å². The summed E-state index contributed by atoms with van der Waals surface area (Å²) in [5, 5.41) is 3.49. The lowest BCUT2D eigenvalue weighted by Gasteiger charge is -2.15. The molecule has 0 heterocycles. The van der Waals surface area contributed by atoms with Gasteiger partial charge in [0.15, 0.2) is 6.29 Å². The maximum atomic E-state index is 14.6. The first-order valence-electron chi connectivity index (χ1n) is 9.67. The summed E-state index contributed by atoms with van der Waals surface area (Å²) in [5.74, 6) is -0.384. The minimum absolute atomic E-state index is 0.0176. The SMILES string of the molecule is CCCOc1ccc(-c2cccc(C=O)c2F)cc1CNC(=O)c1ccc(Cl)cc1Cl. The van der Waals surface area contributed by atoms with Gasteiger partial charge < -0.3 is 10.1 Å². The summed E-state index contributed by atoms with van der Waals surface area (Å²) in [6, 6.07) is 14.5. The molecule has 160 valence electrons. The molecule has 1 amide bonds. The molecule has 0 atom stereocenters. The maximum Gasteiger partial charge on any atom is 0.253 e. The average Bonchev–Trinajstić information content (AvgIpc) is 2.76. The Morgan fingerprint density at radius 3 is 2.65 bits per heavy atom. The lowest BCUT2D eigenvalue weighted by molar-refractivity contribution is 0.0950. The molecule has 3 aromatic carbocycles. The van der Waals surface area contributed by atoms with E-state index in [1.807, 2.05) is 6.92 Å². The monoisotopic (exact) mass is 459 g/mol. The van der Waals surface area contributed by atoms with Crippen molar-refractivity contribution in [2.75, 3.05) is 6.61 Å². The average molecular weight is 460 g/mol. The van der Waals surface area contributed by atoms with Crippen LogP contribution in [0.25, 0.3) is 11.1 Å². The first-order chi connectivity index (χ1) is 14.9. The Kier molecular flexibility index (Phi) is 7.66. The highest BCUT2D eigenvalue weighted by molar-refractivity contribution is 6.36. The second-order valence-corrected chi connectivity index (χ2v) is 7.65. The molecule has 0 aliphatic rings. The van der Waals surface area contributed by atoms with Gasteiger partial charge in [0.2, 0.25) is 0 Å². The van der Waals surface area contributed by atoms with Crippen LogP contribution < -0.4 is 10.1 Å². The number of aldehydes is 1. The molecule has 3 rings (SSSR count). The van der Waals surface area contributed by atoms with Gasteiger partial charge in [-0.05, 0) is 48.4 Å². The van der Waals surface area contributed by atoms with Crippen molar-refractivity contribution < 1.29 is 18.7 Å². The first-order valence-corrected chi connectivity index (χ1v) is 10.4. The number of hydrogen-bond acceptors (Lipinski definition) is 3. The zero-order chi connectivity index (χ0) is 22.4.